The standard InChI is InChI=1S/C16H30N2O/c1-3-7-16(8-4-2)10-18(11-16)14-13(17)12-6-5-9-19-15(12)14/h12-15H,3-11,17H2,1-2H3. The molecule has 0 bridgehead atoms. The van der Waals surface area contributed by atoms with E-state index in [0.717, 1.165) is 6.61 Å². The van der Waals surface area contributed by atoms with Crippen molar-refractivity contribution in [3.05, 3.63) is 0 Å². The summed E-state index contributed by atoms with van der Waals surface area (Å²) < 4.78 is 5.98. The topological polar surface area (TPSA) is 38.5 Å². The van der Waals surface area contributed by atoms with Crippen LogP contribution in [0.4, 0.5) is 0 Å². The van der Waals surface area contributed by atoms with Crippen molar-refractivity contribution in [1.29, 1.82) is 0 Å². The van der Waals surface area contributed by atoms with Crippen molar-refractivity contribution >= 4 is 0 Å². The molecule has 0 aromatic rings. The highest BCUT2D eigenvalue weighted by Gasteiger charge is 2.57. The maximum absolute atomic E-state index is 6.40. The van der Waals surface area contributed by atoms with E-state index in [2.05, 4.69) is 18.7 Å². The molecule has 3 nitrogen and oxygen atoms in total. The van der Waals surface area contributed by atoms with E-state index in [1.54, 1.807) is 0 Å². The summed E-state index contributed by atoms with van der Waals surface area (Å²) in [6.45, 7) is 8.11. The van der Waals surface area contributed by atoms with Crippen molar-refractivity contribution in [2.45, 2.75) is 70.6 Å². The summed E-state index contributed by atoms with van der Waals surface area (Å²) in [4.78, 5) is 2.63. The Labute approximate surface area is 117 Å². The lowest BCUT2D eigenvalue weighted by atomic mass is 9.64. The molecule has 0 amide bonds. The number of fused-ring (bicyclic) bond motifs is 1. The molecule has 0 spiro atoms. The number of likely N-dealkylation sites (tertiary alicyclic amines) is 1. The van der Waals surface area contributed by atoms with Gasteiger partial charge in [-0.3, -0.25) is 4.90 Å². The van der Waals surface area contributed by atoms with Gasteiger partial charge in [0.25, 0.3) is 0 Å². The number of nitrogens with two attached hydrogens (primary N) is 1. The highest BCUT2D eigenvalue weighted by Crippen LogP contribution is 2.47. The molecule has 3 rings (SSSR count). The maximum atomic E-state index is 6.40. The molecule has 2 saturated heterocycles. The zero-order chi connectivity index (χ0) is 13.5. The molecule has 3 aliphatic rings. The first-order valence-electron chi connectivity index (χ1n) is 8.32. The molecule has 3 heteroatoms. The van der Waals surface area contributed by atoms with Crippen LogP contribution < -0.4 is 5.73 Å². The first-order chi connectivity index (χ1) is 9.21. The molecule has 4 atom stereocenters. The largest absolute Gasteiger partial charge is 0.376 e. The Morgan fingerprint density at radius 1 is 1.21 bits per heavy atom. The summed E-state index contributed by atoms with van der Waals surface area (Å²) in [5, 5.41) is 0. The van der Waals surface area contributed by atoms with E-state index in [9.17, 15) is 0 Å². The summed E-state index contributed by atoms with van der Waals surface area (Å²) >= 11 is 0. The molecule has 3 fully saturated rings. The molecular weight excluding hydrogens is 236 g/mol. The number of hydrogen-bond acceptors (Lipinski definition) is 3. The monoisotopic (exact) mass is 266 g/mol. The minimum absolute atomic E-state index is 0.367. The van der Waals surface area contributed by atoms with Crippen LogP contribution in [0.5, 0.6) is 0 Å². The van der Waals surface area contributed by atoms with Gasteiger partial charge in [-0.1, -0.05) is 26.7 Å². The molecule has 1 aliphatic carbocycles. The zero-order valence-corrected chi connectivity index (χ0v) is 12.6. The van der Waals surface area contributed by atoms with Crippen molar-refractivity contribution in [3.63, 3.8) is 0 Å². The van der Waals surface area contributed by atoms with Gasteiger partial charge in [0.05, 0.1) is 12.1 Å². The summed E-state index contributed by atoms with van der Waals surface area (Å²) in [7, 11) is 0. The Balaban J connectivity index is 1.57. The predicted octanol–water partition coefficient (Wildman–Crippen LogP) is 2.39. The van der Waals surface area contributed by atoms with E-state index in [4.69, 9.17) is 10.5 Å². The van der Waals surface area contributed by atoms with E-state index in [0.29, 0.717) is 29.5 Å². The molecule has 4 unspecified atom stereocenters. The van der Waals surface area contributed by atoms with Gasteiger partial charge in [0.1, 0.15) is 0 Å². The SMILES string of the molecule is CCCC1(CCC)CN(C2C(N)C3CCCOC32)C1. The van der Waals surface area contributed by atoms with Gasteiger partial charge in [-0.15, -0.1) is 0 Å². The fraction of sp³-hybridized carbons (Fsp3) is 1.00. The van der Waals surface area contributed by atoms with Crippen molar-refractivity contribution < 1.29 is 4.74 Å². The highest BCUT2D eigenvalue weighted by atomic mass is 16.5. The molecule has 2 N–H and O–H groups in total. The van der Waals surface area contributed by atoms with Gasteiger partial charge >= 0.3 is 0 Å². The van der Waals surface area contributed by atoms with E-state index in [1.165, 1.54) is 51.6 Å². The van der Waals surface area contributed by atoms with Crippen molar-refractivity contribution in [2.75, 3.05) is 19.7 Å². The predicted molar refractivity (Wildman–Crippen MR) is 78.0 cm³/mol. The van der Waals surface area contributed by atoms with Gasteiger partial charge in [-0.25, -0.2) is 0 Å². The minimum Gasteiger partial charge on any atom is -0.376 e. The average molecular weight is 266 g/mol. The van der Waals surface area contributed by atoms with Crippen LogP contribution in [0.25, 0.3) is 0 Å². The molecule has 19 heavy (non-hydrogen) atoms. The molecule has 0 aromatic heterocycles. The fourth-order valence-electron chi connectivity index (χ4n) is 4.90. The van der Waals surface area contributed by atoms with Gasteiger partial charge in [0.15, 0.2) is 0 Å². The van der Waals surface area contributed by atoms with Crippen LogP contribution in [0.3, 0.4) is 0 Å². The molecule has 2 aliphatic heterocycles. The van der Waals surface area contributed by atoms with Crippen LogP contribution in [0, 0.1) is 11.3 Å². The quantitative estimate of drug-likeness (QED) is 0.830. The Morgan fingerprint density at radius 3 is 2.53 bits per heavy atom. The Morgan fingerprint density at radius 2 is 1.89 bits per heavy atom. The molecule has 0 aromatic carbocycles. The zero-order valence-electron chi connectivity index (χ0n) is 12.6. The molecule has 2 heterocycles. The normalized spacial score (nSPS) is 41.2. The third kappa shape index (κ3) is 2.24. The number of ether oxygens (including phenoxy) is 1. The Hall–Kier alpha value is -0.120. The van der Waals surface area contributed by atoms with E-state index >= 15 is 0 Å². The highest BCUT2D eigenvalue weighted by molar-refractivity contribution is 5.12. The number of nitrogens with zero attached hydrogens (tertiary/aromatic N) is 1. The van der Waals surface area contributed by atoms with Crippen LogP contribution in [0.15, 0.2) is 0 Å². The fourth-order valence-corrected chi connectivity index (χ4v) is 4.90. The van der Waals surface area contributed by atoms with Gasteiger partial charge in [-0.05, 0) is 31.1 Å². The Bertz CT molecular complexity index is 306. The summed E-state index contributed by atoms with van der Waals surface area (Å²) in [5.74, 6) is 0.645. The van der Waals surface area contributed by atoms with E-state index in [-0.39, 0.29) is 0 Å². The summed E-state index contributed by atoms with van der Waals surface area (Å²) in [6, 6.07) is 0.888. The Kier molecular flexibility index (Phi) is 3.89. The van der Waals surface area contributed by atoms with Crippen molar-refractivity contribution in [1.82, 2.24) is 4.90 Å². The summed E-state index contributed by atoms with van der Waals surface area (Å²) in [5.41, 5.74) is 7.00. The molecule has 1 saturated carbocycles. The van der Waals surface area contributed by atoms with Gasteiger partial charge in [0, 0.05) is 31.7 Å². The maximum Gasteiger partial charge on any atom is 0.0788 e. The average Bonchev–Trinajstić information content (AvgIpc) is 2.37. The van der Waals surface area contributed by atoms with Crippen molar-refractivity contribution in [3.8, 4) is 0 Å². The van der Waals surface area contributed by atoms with Crippen LogP contribution in [0.1, 0.15) is 52.4 Å². The summed E-state index contributed by atoms with van der Waals surface area (Å²) in [6.07, 6.45) is 8.33. The first kappa shape index (κ1) is 13.8. The second-order valence-corrected chi connectivity index (χ2v) is 7.11. The van der Waals surface area contributed by atoms with Gasteiger partial charge < -0.3 is 10.5 Å². The second-order valence-electron chi connectivity index (χ2n) is 7.11. The third-order valence-corrected chi connectivity index (χ3v) is 5.70. The lowest BCUT2D eigenvalue weighted by molar-refractivity contribution is -0.190. The number of hydrogen-bond donors (Lipinski definition) is 1. The lowest BCUT2D eigenvalue weighted by Crippen LogP contribution is -2.76. The second kappa shape index (κ2) is 5.34. The van der Waals surface area contributed by atoms with Crippen LogP contribution in [-0.4, -0.2) is 42.8 Å². The molecule has 0 radical (unpaired) electrons. The van der Waals surface area contributed by atoms with Crippen LogP contribution in [-0.2, 0) is 4.74 Å². The third-order valence-electron chi connectivity index (χ3n) is 5.70. The van der Waals surface area contributed by atoms with E-state index < -0.39 is 0 Å². The van der Waals surface area contributed by atoms with Crippen molar-refractivity contribution in [2.24, 2.45) is 17.1 Å². The molecule has 110 valence electrons. The van der Waals surface area contributed by atoms with Crippen LogP contribution in [0.2, 0.25) is 0 Å². The van der Waals surface area contributed by atoms with Crippen LogP contribution >= 0.6 is 0 Å². The molecular formula is C16H30N2O. The number of rotatable bonds is 5. The minimum atomic E-state index is 0.367. The first-order valence-corrected chi connectivity index (χ1v) is 8.32. The lowest BCUT2D eigenvalue weighted by Gasteiger charge is -2.63. The van der Waals surface area contributed by atoms with E-state index in [1.807, 2.05) is 0 Å². The smallest absolute Gasteiger partial charge is 0.0788 e. The van der Waals surface area contributed by atoms with Gasteiger partial charge in [0.2, 0.25) is 0 Å². The van der Waals surface area contributed by atoms with Gasteiger partial charge in [-0.2, -0.15) is 0 Å².